The molecular weight excluding hydrogens is 326 g/mol. The highest BCUT2D eigenvalue weighted by Crippen LogP contribution is 2.14. The number of nitrogens with one attached hydrogen (secondary N) is 2. The van der Waals surface area contributed by atoms with Crippen molar-refractivity contribution in [1.29, 1.82) is 0 Å². The van der Waals surface area contributed by atoms with Crippen molar-refractivity contribution in [2.45, 2.75) is 22.8 Å². The van der Waals surface area contributed by atoms with Gasteiger partial charge in [-0.25, -0.2) is 26.3 Å². The van der Waals surface area contributed by atoms with Gasteiger partial charge in [-0.2, -0.15) is 0 Å². The van der Waals surface area contributed by atoms with Gasteiger partial charge >= 0.3 is 0 Å². The Bertz CT molecular complexity index is 629. The Balaban J connectivity index is 0.00000361. The number of hydrogen-bond donors (Lipinski definition) is 3. The molecule has 20 heavy (non-hydrogen) atoms. The molecule has 1 aromatic rings. The van der Waals surface area contributed by atoms with Gasteiger partial charge in [0.1, 0.15) is 0 Å². The average molecular weight is 344 g/mol. The summed E-state index contributed by atoms with van der Waals surface area (Å²) >= 11 is 0. The van der Waals surface area contributed by atoms with E-state index in [0.717, 1.165) is 0 Å². The third-order valence-corrected chi connectivity index (χ3v) is 5.46. The van der Waals surface area contributed by atoms with Crippen molar-refractivity contribution >= 4 is 32.5 Å². The molecule has 0 aromatic heterocycles. The molecule has 0 amide bonds. The van der Waals surface area contributed by atoms with Crippen LogP contribution in [0.25, 0.3) is 0 Å². The van der Waals surface area contributed by atoms with Crippen molar-refractivity contribution < 1.29 is 16.8 Å². The molecule has 1 atom stereocenters. The Morgan fingerprint density at radius 2 is 1.45 bits per heavy atom. The second kappa shape index (κ2) is 7.34. The number of rotatable bonds is 6. The maximum atomic E-state index is 11.9. The first-order valence-electron chi connectivity index (χ1n) is 5.49. The Morgan fingerprint density at radius 3 is 1.80 bits per heavy atom. The SMILES string of the molecule is CNS(=O)(=O)c1ccc(S(=O)(=O)N[C@@H](C)CN)cc1.Cl. The maximum Gasteiger partial charge on any atom is 0.240 e. The van der Waals surface area contributed by atoms with Crippen LogP contribution in [0.5, 0.6) is 0 Å². The van der Waals surface area contributed by atoms with Gasteiger partial charge in [0.15, 0.2) is 0 Å². The molecule has 0 fully saturated rings. The van der Waals surface area contributed by atoms with E-state index in [2.05, 4.69) is 9.44 Å². The summed E-state index contributed by atoms with van der Waals surface area (Å²) in [6.45, 7) is 1.81. The molecule has 0 radical (unpaired) electrons. The van der Waals surface area contributed by atoms with Gasteiger partial charge in [0.25, 0.3) is 0 Å². The van der Waals surface area contributed by atoms with Crippen LogP contribution in [0, 0.1) is 0 Å². The number of benzene rings is 1. The predicted octanol–water partition coefficient (Wildman–Crippen LogP) is -0.358. The van der Waals surface area contributed by atoms with Crippen molar-refractivity contribution in [3.63, 3.8) is 0 Å². The first kappa shape index (κ1) is 19.3. The quantitative estimate of drug-likeness (QED) is 0.652. The summed E-state index contributed by atoms with van der Waals surface area (Å²) < 4.78 is 51.3. The summed E-state index contributed by atoms with van der Waals surface area (Å²) in [5, 5.41) is 0. The van der Waals surface area contributed by atoms with E-state index in [9.17, 15) is 16.8 Å². The van der Waals surface area contributed by atoms with Gasteiger partial charge in [-0.15, -0.1) is 12.4 Å². The number of hydrogen-bond acceptors (Lipinski definition) is 5. The Hall–Kier alpha value is -0.710. The van der Waals surface area contributed by atoms with Crippen molar-refractivity contribution in [2.24, 2.45) is 5.73 Å². The zero-order valence-electron chi connectivity index (χ0n) is 11.0. The fourth-order valence-corrected chi connectivity index (χ4v) is 3.28. The van der Waals surface area contributed by atoms with Crippen LogP contribution < -0.4 is 15.2 Å². The van der Waals surface area contributed by atoms with Gasteiger partial charge in [0, 0.05) is 12.6 Å². The van der Waals surface area contributed by atoms with Gasteiger partial charge in [-0.3, -0.25) is 0 Å². The second-order valence-corrected chi connectivity index (χ2v) is 7.54. The molecule has 7 nitrogen and oxygen atoms in total. The minimum absolute atomic E-state index is 0. The zero-order valence-corrected chi connectivity index (χ0v) is 13.5. The average Bonchev–Trinajstić information content (AvgIpc) is 2.38. The van der Waals surface area contributed by atoms with Crippen molar-refractivity contribution in [1.82, 2.24) is 9.44 Å². The number of nitrogens with two attached hydrogens (primary N) is 1. The second-order valence-electron chi connectivity index (χ2n) is 3.94. The number of sulfonamides is 2. The first-order chi connectivity index (χ1) is 8.73. The summed E-state index contributed by atoms with van der Waals surface area (Å²) in [5.41, 5.74) is 5.34. The maximum absolute atomic E-state index is 11.9. The smallest absolute Gasteiger partial charge is 0.240 e. The summed E-state index contributed by atoms with van der Waals surface area (Å²) in [5.74, 6) is 0. The monoisotopic (exact) mass is 343 g/mol. The fraction of sp³-hybridized carbons (Fsp3) is 0.400. The van der Waals surface area contributed by atoms with Crippen LogP contribution >= 0.6 is 12.4 Å². The fourth-order valence-electron chi connectivity index (χ4n) is 1.30. The first-order valence-corrected chi connectivity index (χ1v) is 8.45. The Morgan fingerprint density at radius 1 is 1.05 bits per heavy atom. The zero-order chi connectivity index (χ0) is 14.7. The molecule has 0 saturated carbocycles. The van der Waals surface area contributed by atoms with Crippen LogP contribution in [0.3, 0.4) is 0 Å². The molecule has 0 heterocycles. The van der Waals surface area contributed by atoms with E-state index in [0.29, 0.717) is 0 Å². The lowest BCUT2D eigenvalue weighted by Gasteiger charge is -2.12. The van der Waals surface area contributed by atoms with Crippen LogP contribution in [-0.2, 0) is 20.0 Å². The molecule has 0 bridgehead atoms. The van der Waals surface area contributed by atoms with E-state index in [1.165, 1.54) is 31.3 Å². The molecular formula is C10H18ClN3O4S2. The highest BCUT2D eigenvalue weighted by Gasteiger charge is 2.18. The van der Waals surface area contributed by atoms with Crippen LogP contribution in [0.2, 0.25) is 0 Å². The highest BCUT2D eigenvalue weighted by molar-refractivity contribution is 7.90. The topological polar surface area (TPSA) is 118 Å². The molecule has 1 rings (SSSR count). The van der Waals surface area contributed by atoms with E-state index in [1.54, 1.807) is 6.92 Å². The van der Waals surface area contributed by atoms with Gasteiger partial charge in [0.2, 0.25) is 20.0 Å². The van der Waals surface area contributed by atoms with Gasteiger partial charge in [-0.1, -0.05) is 0 Å². The molecule has 4 N–H and O–H groups in total. The standard InChI is InChI=1S/C10H17N3O4S2.ClH/c1-8(7-11)13-19(16,17)10-5-3-9(4-6-10)18(14,15)12-2;/h3-6,8,12-13H,7,11H2,1-2H3;1H/t8-;/m0./s1. The minimum atomic E-state index is -3.69. The van der Waals surface area contributed by atoms with Gasteiger partial charge in [0.05, 0.1) is 9.79 Å². The summed E-state index contributed by atoms with van der Waals surface area (Å²) in [6.07, 6.45) is 0. The number of halogens is 1. The van der Waals surface area contributed by atoms with Gasteiger partial charge < -0.3 is 5.73 Å². The summed E-state index contributed by atoms with van der Waals surface area (Å²) in [7, 11) is -5.98. The third-order valence-electron chi connectivity index (χ3n) is 2.42. The van der Waals surface area contributed by atoms with E-state index in [-0.39, 0.29) is 28.7 Å². The van der Waals surface area contributed by atoms with Crippen LogP contribution in [-0.4, -0.2) is 36.5 Å². The normalized spacial score (nSPS) is 13.6. The molecule has 0 aliphatic carbocycles. The molecule has 0 aliphatic rings. The molecule has 0 spiro atoms. The molecule has 0 aliphatic heterocycles. The summed E-state index contributed by atoms with van der Waals surface area (Å²) in [6, 6.07) is 4.53. The molecule has 116 valence electrons. The lowest BCUT2D eigenvalue weighted by molar-refractivity contribution is 0.562. The minimum Gasteiger partial charge on any atom is -0.329 e. The van der Waals surface area contributed by atoms with Crippen LogP contribution in [0.1, 0.15) is 6.92 Å². The summed E-state index contributed by atoms with van der Waals surface area (Å²) in [4.78, 5) is -0.0105. The predicted molar refractivity (Wildman–Crippen MR) is 78.8 cm³/mol. The van der Waals surface area contributed by atoms with Crippen LogP contribution in [0.15, 0.2) is 34.1 Å². The lowest BCUT2D eigenvalue weighted by atomic mass is 10.4. The third kappa shape index (κ3) is 4.69. The van der Waals surface area contributed by atoms with E-state index in [4.69, 9.17) is 5.73 Å². The molecule has 1 aromatic carbocycles. The highest BCUT2D eigenvalue weighted by atomic mass is 35.5. The largest absolute Gasteiger partial charge is 0.329 e. The lowest BCUT2D eigenvalue weighted by Crippen LogP contribution is -2.37. The van der Waals surface area contributed by atoms with Crippen molar-refractivity contribution in [3.8, 4) is 0 Å². The van der Waals surface area contributed by atoms with E-state index in [1.807, 2.05) is 0 Å². The van der Waals surface area contributed by atoms with E-state index >= 15 is 0 Å². The molecule has 0 unspecified atom stereocenters. The Labute approximate surface area is 125 Å². The van der Waals surface area contributed by atoms with Crippen molar-refractivity contribution in [2.75, 3.05) is 13.6 Å². The molecule has 0 saturated heterocycles. The van der Waals surface area contributed by atoms with Crippen LogP contribution in [0.4, 0.5) is 0 Å². The van der Waals surface area contributed by atoms with E-state index < -0.39 is 26.1 Å². The van der Waals surface area contributed by atoms with Gasteiger partial charge in [-0.05, 0) is 38.2 Å². The Kier molecular flexibility index (Phi) is 7.08. The van der Waals surface area contributed by atoms with Crippen molar-refractivity contribution in [3.05, 3.63) is 24.3 Å². The molecule has 10 heteroatoms.